The largest absolute Gasteiger partial charge is 0.497 e. The lowest BCUT2D eigenvalue weighted by Crippen LogP contribution is -2.40. The van der Waals surface area contributed by atoms with Crippen LogP contribution < -0.4 is 24.4 Å². The Labute approximate surface area is 251 Å². The molecular weight excluding hydrogens is 568 g/mol. The van der Waals surface area contributed by atoms with Gasteiger partial charge in [-0.2, -0.15) is 0 Å². The zero-order chi connectivity index (χ0) is 30.7. The number of carbonyl (C=O) groups excluding carboxylic acids is 1. The van der Waals surface area contributed by atoms with E-state index in [-0.39, 0.29) is 23.8 Å². The summed E-state index contributed by atoms with van der Waals surface area (Å²) in [4.78, 5) is 43.4. The molecule has 10 heteroatoms. The standard InChI is InChI=1S/C33H30N2O7S/c1-19(2)42-32(39)28-20(3)34-33-35(29(28)23-10-14-25(40-4)15-11-23)30(36)27(43-33)17-21-8-12-26(13-9-21)41-18-22-6-5-7-24(16-22)31(37)38/h5-17,19,29H,18H2,1-4H3,(H,37,38)/b27-17-/t29-/m0/s1. The molecule has 9 nitrogen and oxygen atoms in total. The van der Waals surface area contributed by atoms with Crippen molar-refractivity contribution in [1.29, 1.82) is 0 Å². The Morgan fingerprint density at radius 2 is 1.74 bits per heavy atom. The first-order chi connectivity index (χ1) is 20.6. The van der Waals surface area contributed by atoms with Crippen molar-refractivity contribution in [2.45, 2.75) is 39.5 Å². The number of rotatable bonds is 9. The van der Waals surface area contributed by atoms with Crippen LogP contribution in [-0.2, 0) is 16.1 Å². The van der Waals surface area contributed by atoms with E-state index >= 15 is 0 Å². The predicted molar refractivity (Wildman–Crippen MR) is 162 cm³/mol. The van der Waals surface area contributed by atoms with E-state index in [0.717, 1.165) is 16.7 Å². The second kappa shape index (κ2) is 12.5. The molecule has 0 bridgehead atoms. The van der Waals surface area contributed by atoms with Crippen LogP contribution in [-0.4, -0.2) is 34.8 Å². The Kier molecular flexibility index (Phi) is 8.58. The van der Waals surface area contributed by atoms with Gasteiger partial charge in [0.25, 0.3) is 5.56 Å². The van der Waals surface area contributed by atoms with Crippen LogP contribution in [0.3, 0.4) is 0 Å². The fraction of sp³-hybridized carbons (Fsp3) is 0.212. The maximum Gasteiger partial charge on any atom is 0.338 e. The molecule has 1 N–H and O–H groups in total. The van der Waals surface area contributed by atoms with E-state index in [1.165, 1.54) is 17.4 Å². The lowest BCUT2D eigenvalue weighted by Gasteiger charge is -2.25. The monoisotopic (exact) mass is 598 g/mol. The van der Waals surface area contributed by atoms with Gasteiger partial charge in [0.1, 0.15) is 18.1 Å². The summed E-state index contributed by atoms with van der Waals surface area (Å²) in [6, 6.07) is 20.3. The average Bonchev–Trinajstić information content (AvgIpc) is 3.29. The van der Waals surface area contributed by atoms with E-state index in [0.29, 0.717) is 32.1 Å². The molecule has 0 aliphatic carbocycles. The summed E-state index contributed by atoms with van der Waals surface area (Å²) in [5.74, 6) is -0.252. The zero-order valence-corrected chi connectivity index (χ0v) is 24.9. The summed E-state index contributed by atoms with van der Waals surface area (Å²) < 4.78 is 18.7. The van der Waals surface area contributed by atoms with Crippen LogP contribution in [0.2, 0.25) is 0 Å². The molecule has 0 fully saturated rings. The van der Waals surface area contributed by atoms with Gasteiger partial charge in [-0.15, -0.1) is 0 Å². The van der Waals surface area contributed by atoms with E-state index < -0.39 is 18.0 Å². The van der Waals surface area contributed by atoms with Gasteiger partial charge in [-0.1, -0.05) is 47.7 Å². The van der Waals surface area contributed by atoms with Crippen LogP contribution >= 0.6 is 11.3 Å². The van der Waals surface area contributed by atoms with Crippen molar-refractivity contribution in [1.82, 2.24) is 4.57 Å². The normalized spacial score (nSPS) is 14.7. The fourth-order valence-electron chi connectivity index (χ4n) is 4.73. The van der Waals surface area contributed by atoms with Crippen molar-refractivity contribution in [2.24, 2.45) is 4.99 Å². The molecule has 1 aliphatic heterocycles. The van der Waals surface area contributed by atoms with Gasteiger partial charge in [0, 0.05) is 0 Å². The highest BCUT2D eigenvalue weighted by Gasteiger charge is 2.33. The van der Waals surface area contributed by atoms with Crippen molar-refractivity contribution < 1.29 is 28.9 Å². The summed E-state index contributed by atoms with van der Waals surface area (Å²) in [5, 5.41) is 9.19. The van der Waals surface area contributed by atoms with Gasteiger partial charge in [-0.25, -0.2) is 14.6 Å². The highest BCUT2D eigenvalue weighted by atomic mass is 32.1. The van der Waals surface area contributed by atoms with Gasteiger partial charge in [-0.3, -0.25) is 9.36 Å². The molecule has 3 aromatic carbocycles. The number of esters is 1. The molecular formula is C33H30N2O7S. The third kappa shape index (κ3) is 6.44. The van der Waals surface area contributed by atoms with Gasteiger partial charge >= 0.3 is 11.9 Å². The van der Waals surface area contributed by atoms with Crippen molar-refractivity contribution >= 4 is 29.4 Å². The van der Waals surface area contributed by atoms with E-state index in [4.69, 9.17) is 14.2 Å². The number of aromatic nitrogens is 1. The van der Waals surface area contributed by atoms with Crippen molar-refractivity contribution in [3.63, 3.8) is 0 Å². The number of benzene rings is 3. The summed E-state index contributed by atoms with van der Waals surface area (Å²) in [6.45, 7) is 5.52. The number of ether oxygens (including phenoxy) is 3. The highest BCUT2D eigenvalue weighted by Crippen LogP contribution is 2.32. The summed E-state index contributed by atoms with van der Waals surface area (Å²) in [5.41, 5.74) is 2.98. The quantitative estimate of drug-likeness (QED) is 0.283. The Morgan fingerprint density at radius 3 is 2.40 bits per heavy atom. The number of nitrogens with zero attached hydrogens (tertiary/aromatic N) is 2. The second-order valence-corrected chi connectivity index (χ2v) is 11.2. The smallest absolute Gasteiger partial charge is 0.338 e. The van der Waals surface area contributed by atoms with E-state index in [9.17, 15) is 19.5 Å². The molecule has 4 aromatic rings. The van der Waals surface area contributed by atoms with Crippen LogP contribution in [0.5, 0.6) is 11.5 Å². The number of allylic oxidation sites excluding steroid dienone is 1. The average molecular weight is 599 g/mol. The first-order valence-electron chi connectivity index (χ1n) is 13.6. The number of hydrogen-bond acceptors (Lipinski definition) is 8. The van der Waals surface area contributed by atoms with Crippen molar-refractivity contribution in [2.75, 3.05) is 7.11 Å². The van der Waals surface area contributed by atoms with Gasteiger partial charge in [0.05, 0.1) is 40.6 Å². The lowest BCUT2D eigenvalue weighted by molar-refractivity contribution is -0.143. The van der Waals surface area contributed by atoms with E-state index in [1.54, 1.807) is 81.0 Å². The lowest BCUT2D eigenvalue weighted by atomic mass is 9.96. The van der Waals surface area contributed by atoms with Gasteiger partial charge < -0.3 is 19.3 Å². The minimum absolute atomic E-state index is 0.200. The topological polar surface area (TPSA) is 116 Å². The van der Waals surface area contributed by atoms with E-state index in [1.807, 2.05) is 24.3 Å². The zero-order valence-electron chi connectivity index (χ0n) is 24.1. The maximum atomic E-state index is 13.8. The molecule has 1 atom stereocenters. The Morgan fingerprint density at radius 1 is 1.05 bits per heavy atom. The number of fused-ring (bicyclic) bond motifs is 1. The summed E-state index contributed by atoms with van der Waals surface area (Å²) in [6.07, 6.45) is 1.44. The molecule has 220 valence electrons. The molecule has 5 rings (SSSR count). The first kappa shape index (κ1) is 29.5. The molecule has 0 saturated heterocycles. The minimum atomic E-state index is -0.992. The first-order valence-corrected chi connectivity index (χ1v) is 14.4. The number of carboxylic acids is 1. The third-order valence-electron chi connectivity index (χ3n) is 6.77. The van der Waals surface area contributed by atoms with Gasteiger partial charge in [0.15, 0.2) is 4.80 Å². The SMILES string of the molecule is COc1ccc([C@H]2C(C(=O)OC(C)C)=C(C)N=c3s/c(=C\c4ccc(OCc5cccc(C(=O)O)c5)cc4)c(=O)n32)cc1. The summed E-state index contributed by atoms with van der Waals surface area (Å²) >= 11 is 1.25. The number of aromatic carboxylic acids is 1. The molecule has 0 spiro atoms. The van der Waals surface area contributed by atoms with Crippen molar-refractivity contribution in [3.05, 3.63) is 126 Å². The van der Waals surface area contributed by atoms with Crippen molar-refractivity contribution in [3.8, 4) is 11.5 Å². The number of thiazole rings is 1. The summed E-state index contributed by atoms with van der Waals surface area (Å²) in [7, 11) is 1.58. The molecule has 43 heavy (non-hydrogen) atoms. The van der Waals surface area contributed by atoms with Crippen LogP contribution in [0.25, 0.3) is 6.08 Å². The molecule has 0 radical (unpaired) electrons. The molecule has 2 heterocycles. The van der Waals surface area contributed by atoms with Gasteiger partial charge in [0.2, 0.25) is 0 Å². The van der Waals surface area contributed by atoms with Crippen LogP contribution in [0.15, 0.2) is 93.9 Å². The second-order valence-electron chi connectivity index (χ2n) is 10.2. The number of hydrogen-bond donors (Lipinski definition) is 1. The maximum absolute atomic E-state index is 13.8. The number of carbonyl (C=O) groups is 2. The Bertz CT molecular complexity index is 1890. The molecule has 1 aliphatic rings. The number of methoxy groups -OCH3 is 1. The number of carboxylic acid groups (broad SMARTS) is 1. The molecule has 0 unspecified atom stereocenters. The minimum Gasteiger partial charge on any atom is -0.497 e. The Hall–Kier alpha value is -4.96. The molecule has 0 amide bonds. The predicted octanol–water partition coefficient (Wildman–Crippen LogP) is 4.47. The van der Waals surface area contributed by atoms with Crippen LogP contribution in [0, 0.1) is 0 Å². The van der Waals surface area contributed by atoms with Crippen LogP contribution in [0.1, 0.15) is 53.9 Å². The fourth-order valence-corrected chi connectivity index (χ4v) is 5.78. The third-order valence-corrected chi connectivity index (χ3v) is 7.76. The molecule has 0 saturated carbocycles. The van der Waals surface area contributed by atoms with Crippen LogP contribution in [0.4, 0.5) is 0 Å². The van der Waals surface area contributed by atoms with Gasteiger partial charge in [-0.05, 0) is 79.9 Å². The molecule has 1 aromatic heterocycles. The van der Waals surface area contributed by atoms with E-state index in [2.05, 4.69) is 4.99 Å². The Balaban J connectivity index is 1.47. The highest BCUT2D eigenvalue weighted by molar-refractivity contribution is 7.07.